The third-order valence-corrected chi connectivity index (χ3v) is 3.56. The van der Waals surface area contributed by atoms with Crippen molar-refractivity contribution in [3.05, 3.63) is 28.8 Å². The van der Waals surface area contributed by atoms with Crippen LogP contribution < -0.4 is 10.5 Å². The van der Waals surface area contributed by atoms with Crippen molar-refractivity contribution in [2.24, 2.45) is 5.73 Å². The number of hydrogen-bond acceptors (Lipinski definition) is 4. The van der Waals surface area contributed by atoms with E-state index >= 15 is 0 Å². The van der Waals surface area contributed by atoms with Crippen molar-refractivity contribution < 1.29 is 13.2 Å². The van der Waals surface area contributed by atoms with Crippen molar-refractivity contribution in [2.75, 3.05) is 25.2 Å². The predicted octanol–water partition coefficient (Wildman–Crippen LogP) is 1.23. The third kappa shape index (κ3) is 4.66. The van der Waals surface area contributed by atoms with Gasteiger partial charge in [0.1, 0.15) is 12.4 Å². The normalized spacial score (nSPS) is 11.6. The Kier molecular flexibility index (Phi) is 5.16. The highest BCUT2D eigenvalue weighted by atomic mass is 32.2. The van der Waals surface area contributed by atoms with Crippen molar-refractivity contribution in [1.29, 1.82) is 0 Å². The second kappa shape index (κ2) is 6.20. The maximum Gasteiger partial charge on any atom is 0.150 e. The molecule has 0 aliphatic carbocycles. The fraction of sp³-hybridized carbons (Fsp3) is 0.538. The highest BCUT2D eigenvalue weighted by molar-refractivity contribution is 7.90. The Balaban J connectivity index is 2.77. The molecule has 0 spiro atoms. The summed E-state index contributed by atoms with van der Waals surface area (Å²) in [5.41, 5.74) is 8.75. The lowest BCUT2D eigenvalue weighted by atomic mass is 10.0. The summed E-state index contributed by atoms with van der Waals surface area (Å²) in [6, 6.07) is 4.07. The van der Waals surface area contributed by atoms with Gasteiger partial charge in [0.05, 0.1) is 5.75 Å². The molecule has 18 heavy (non-hydrogen) atoms. The first kappa shape index (κ1) is 15.0. The minimum absolute atomic E-state index is 0.0381. The lowest BCUT2D eigenvalue weighted by molar-refractivity contribution is 0.336. The molecule has 0 heterocycles. The maximum absolute atomic E-state index is 11.0. The van der Waals surface area contributed by atoms with Gasteiger partial charge >= 0.3 is 0 Å². The molecule has 102 valence electrons. The van der Waals surface area contributed by atoms with Crippen LogP contribution in [0.2, 0.25) is 0 Å². The number of sulfone groups is 1. The average Bonchev–Trinajstić information content (AvgIpc) is 2.21. The number of hydrogen-bond donors (Lipinski definition) is 1. The summed E-state index contributed by atoms with van der Waals surface area (Å²) < 4.78 is 27.6. The lowest BCUT2D eigenvalue weighted by Crippen LogP contribution is -2.13. The van der Waals surface area contributed by atoms with E-state index in [1.807, 2.05) is 26.0 Å². The average molecular weight is 271 g/mol. The van der Waals surface area contributed by atoms with Crippen molar-refractivity contribution in [3.8, 4) is 5.75 Å². The smallest absolute Gasteiger partial charge is 0.150 e. The number of ether oxygens (including phenoxy) is 1. The molecule has 2 N–H and O–H groups in total. The largest absolute Gasteiger partial charge is 0.492 e. The summed E-state index contributed by atoms with van der Waals surface area (Å²) in [4.78, 5) is 0. The molecule has 0 aliphatic heterocycles. The number of rotatable bonds is 6. The Morgan fingerprint density at radius 2 is 1.78 bits per heavy atom. The number of benzene rings is 1. The van der Waals surface area contributed by atoms with E-state index in [0.29, 0.717) is 6.54 Å². The fourth-order valence-electron chi connectivity index (χ4n) is 1.87. The summed E-state index contributed by atoms with van der Waals surface area (Å²) in [5.74, 6) is 0.815. The van der Waals surface area contributed by atoms with Crippen LogP contribution in [0.1, 0.15) is 16.7 Å². The zero-order chi connectivity index (χ0) is 13.8. The SMILES string of the molecule is Cc1cc(CCN)cc(C)c1OCCS(C)(=O)=O. The summed E-state index contributed by atoms with van der Waals surface area (Å²) in [5, 5.41) is 0. The van der Waals surface area contributed by atoms with Crippen LogP contribution in [0.25, 0.3) is 0 Å². The minimum atomic E-state index is -2.98. The first-order chi connectivity index (χ1) is 8.33. The van der Waals surface area contributed by atoms with Crippen LogP contribution in [-0.4, -0.2) is 33.6 Å². The van der Waals surface area contributed by atoms with Crippen LogP contribution in [0.3, 0.4) is 0 Å². The molecule has 4 nitrogen and oxygen atoms in total. The van der Waals surface area contributed by atoms with Gasteiger partial charge in [0.25, 0.3) is 0 Å². The van der Waals surface area contributed by atoms with Gasteiger partial charge in [-0.1, -0.05) is 12.1 Å². The van der Waals surface area contributed by atoms with Crippen molar-refractivity contribution >= 4 is 9.84 Å². The Labute approximate surface area is 109 Å². The zero-order valence-corrected chi connectivity index (χ0v) is 12.0. The molecule has 0 aliphatic rings. The molecule has 0 aromatic heterocycles. The van der Waals surface area contributed by atoms with E-state index in [1.165, 1.54) is 11.8 Å². The first-order valence-corrected chi connectivity index (χ1v) is 8.00. The maximum atomic E-state index is 11.0. The molecule has 0 fully saturated rings. The third-order valence-electron chi connectivity index (χ3n) is 2.65. The summed E-state index contributed by atoms with van der Waals surface area (Å²) in [6.07, 6.45) is 2.05. The molecule has 1 rings (SSSR count). The van der Waals surface area contributed by atoms with Crippen LogP contribution in [0, 0.1) is 13.8 Å². The van der Waals surface area contributed by atoms with E-state index in [-0.39, 0.29) is 12.4 Å². The quantitative estimate of drug-likeness (QED) is 0.845. The molecule has 0 amide bonds. The van der Waals surface area contributed by atoms with Crippen LogP contribution in [0.4, 0.5) is 0 Å². The summed E-state index contributed by atoms with van der Waals surface area (Å²) >= 11 is 0. The standard InChI is InChI=1S/C13H21NO3S/c1-10-8-12(4-5-14)9-11(2)13(10)17-6-7-18(3,15)16/h8-9H,4-7,14H2,1-3H3. The minimum Gasteiger partial charge on any atom is -0.492 e. The molecular formula is C13H21NO3S. The van der Waals surface area contributed by atoms with E-state index in [9.17, 15) is 8.42 Å². The van der Waals surface area contributed by atoms with Crippen molar-refractivity contribution in [3.63, 3.8) is 0 Å². The second-order valence-corrected chi connectivity index (χ2v) is 6.84. The molecule has 1 aromatic carbocycles. The van der Waals surface area contributed by atoms with Crippen molar-refractivity contribution in [2.45, 2.75) is 20.3 Å². The van der Waals surface area contributed by atoms with Gasteiger partial charge in [0.15, 0.2) is 9.84 Å². The molecule has 5 heteroatoms. The highest BCUT2D eigenvalue weighted by Gasteiger charge is 2.08. The van der Waals surface area contributed by atoms with Crippen LogP contribution in [-0.2, 0) is 16.3 Å². The van der Waals surface area contributed by atoms with Gasteiger partial charge in [-0.2, -0.15) is 0 Å². The first-order valence-electron chi connectivity index (χ1n) is 5.94. The van der Waals surface area contributed by atoms with E-state index in [4.69, 9.17) is 10.5 Å². The van der Waals surface area contributed by atoms with E-state index in [2.05, 4.69) is 0 Å². The van der Waals surface area contributed by atoms with Gasteiger partial charge in [-0.05, 0) is 43.5 Å². The molecule has 0 bridgehead atoms. The fourth-order valence-corrected chi connectivity index (χ4v) is 2.26. The van der Waals surface area contributed by atoms with E-state index in [1.54, 1.807) is 0 Å². The van der Waals surface area contributed by atoms with Gasteiger partial charge in [-0.25, -0.2) is 8.42 Å². The zero-order valence-electron chi connectivity index (χ0n) is 11.2. The Hall–Kier alpha value is -1.07. The highest BCUT2D eigenvalue weighted by Crippen LogP contribution is 2.25. The van der Waals surface area contributed by atoms with Crippen LogP contribution >= 0.6 is 0 Å². The van der Waals surface area contributed by atoms with Gasteiger partial charge < -0.3 is 10.5 Å². The molecule has 0 atom stereocenters. The Morgan fingerprint density at radius 3 is 2.22 bits per heavy atom. The monoisotopic (exact) mass is 271 g/mol. The van der Waals surface area contributed by atoms with E-state index < -0.39 is 9.84 Å². The van der Waals surface area contributed by atoms with Gasteiger partial charge in [0.2, 0.25) is 0 Å². The topological polar surface area (TPSA) is 69.4 Å². The van der Waals surface area contributed by atoms with Gasteiger partial charge in [-0.3, -0.25) is 0 Å². The number of aryl methyl sites for hydroxylation is 2. The summed E-state index contributed by atoms with van der Waals surface area (Å²) in [7, 11) is -2.98. The molecule has 0 radical (unpaired) electrons. The van der Waals surface area contributed by atoms with Crippen LogP contribution in [0.5, 0.6) is 5.75 Å². The molecular weight excluding hydrogens is 250 g/mol. The van der Waals surface area contributed by atoms with E-state index in [0.717, 1.165) is 23.3 Å². The molecule has 0 saturated heterocycles. The molecule has 0 unspecified atom stereocenters. The lowest BCUT2D eigenvalue weighted by Gasteiger charge is -2.13. The molecule has 0 saturated carbocycles. The predicted molar refractivity (Wildman–Crippen MR) is 73.9 cm³/mol. The van der Waals surface area contributed by atoms with Gasteiger partial charge in [0, 0.05) is 6.26 Å². The van der Waals surface area contributed by atoms with Gasteiger partial charge in [-0.15, -0.1) is 0 Å². The molecule has 1 aromatic rings. The summed E-state index contributed by atoms with van der Waals surface area (Å²) in [6.45, 7) is 4.73. The number of nitrogens with two attached hydrogens (primary N) is 1. The second-order valence-electron chi connectivity index (χ2n) is 4.58. The Morgan fingerprint density at radius 1 is 1.22 bits per heavy atom. The van der Waals surface area contributed by atoms with Crippen molar-refractivity contribution in [1.82, 2.24) is 0 Å². The van der Waals surface area contributed by atoms with Crippen LogP contribution in [0.15, 0.2) is 12.1 Å². The Bertz CT molecular complexity index is 486.